The number of carbonyl (C=O) groups is 1. The Balaban J connectivity index is 1.65. The quantitative estimate of drug-likeness (QED) is 0.921. The van der Waals surface area contributed by atoms with E-state index in [4.69, 9.17) is 0 Å². The van der Waals surface area contributed by atoms with Gasteiger partial charge < -0.3 is 5.32 Å². The smallest absolute Gasteiger partial charge is 0.240 e. The lowest BCUT2D eigenvalue weighted by atomic mass is 9.83. The zero-order valence-electron chi connectivity index (χ0n) is 13.1. The van der Waals surface area contributed by atoms with Crippen LogP contribution in [0.2, 0.25) is 0 Å². The van der Waals surface area contributed by atoms with Crippen LogP contribution >= 0.6 is 0 Å². The van der Waals surface area contributed by atoms with Gasteiger partial charge in [-0.1, -0.05) is 19.1 Å². The molecule has 0 aromatic heterocycles. The Hall–Kier alpha value is -1.46. The lowest BCUT2D eigenvalue weighted by molar-refractivity contribution is -0.141. The summed E-state index contributed by atoms with van der Waals surface area (Å²) in [6.45, 7) is 7.23. The number of piperazine rings is 1. The summed E-state index contributed by atoms with van der Waals surface area (Å²) in [6.07, 6.45) is 1.70. The van der Waals surface area contributed by atoms with Crippen LogP contribution in [0, 0.1) is 5.82 Å². The Labute approximate surface area is 131 Å². The molecule has 1 spiro atoms. The Morgan fingerprint density at radius 3 is 2.73 bits per heavy atom. The predicted octanol–water partition coefficient (Wildman–Crippen LogP) is 1.61. The van der Waals surface area contributed by atoms with E-state index >= 15 is 0 Å². The van der Waals surface area contributed by atoms with Crippen molar-refractivity contribution in [3.05, 3.63) is 35.6 Å². The van der Waals surface area contributed by atoms with Crippen LogP contribution in [0.15, 0.2) is 24.3 Å². The normalized spacial score (nSPS) is 22.7. The first-order valence-corrected chi connectivity index (χ1v) is 8.14. The van der Waals surface area contributed by atoms with Crippen molar-refractivity contribution in [1.29, 1.82) is 0 Å². The van der Waals surface area contributed by atoms with Crippen molar-refractivity contribution in [2.75, 3.05) is 32.7 Å². The largest absolute Gasteiger partial charge is 0.353 e. The highest BCUT2D eigenvalue weighted by molar-refractivity contribution is 5.87. The molecule has 2 saturated heterocycles. The first-order valence-electron chi connectivity index (χ1n) is 8.14. The average Bonchev–Trinajstić information content (AvgIpc) is 2.52. The average molecular weight is 305 g/mol. The van der Waals surface area contributed by atoms with Gasteiger partial charge >= 0.3 is 0 Å². The Kier molecular flexibility index (Phi) is 4.45. The topological polar surface area (TPSA) is 35.6 Å². The number of amides is 1. The zero-order valence-corrected chi connectivity index (χ0v) is 13.1. The lowest BCUT2D eigenvalue weighted by Gasteiger charge is -2.49. The van der Waals surface area contributed by atoms with E-state index in [9.17, 15) is 9.18 Å². The molecule has 120 valence electrons. The number of rotatable bonds is 3. The second-order valence-corrected chi connectivity index (χ2v) is 6.27. The fourth-order valence-electron chi connectivity index (χ4n) is 3.81. The number of hydrogen-bond donors (Lipinski definition) is 1. The molecule has 1 aromatic carbocycles. The van der Waals surface area contributed by atoms with Crippen molar-refractivity contribution in [2.45, 2.75) is 31.8 Å². The number of carbonyl (C=O) groups excluding carboxylic acids is 1. The monoisotopic (exact) mass is 305 g/mol. The van der Waals surface area contributed by atoms with Gasteiger partial charge in [0.15, 0.2) is 0 Å². The van der Waals surface area contributed by atoms with Gasteiger partial charge in [-0.3, -0.25) is 14.6 Å². The number of halogens is 1. The number of nitrogens with one attached hydrogen (secondary N) is 1. The first kappa shape index (κ1) is 15.4. The second-order valence-electron chi connectivity index (χ2n) is 6.27. The molecular weight excluding hydrogens is 281 g/mol. The van der Waals surface area contributed by atoms with Gasteiger partial charge in [-0.25, -0.2) is 4.39 Å². The number of benzene rings is 1. The van der Waals surface area contributed by atoms with E-state index in [0.29, 0.717) is 0 Å². The summed E-state index contributed by atoms with van der Waals surface area (Å²) in [5, 5.41) is 3.03. The van der Waals surface area contributed by atoms with Crippen LogP contribution in [0.4, 0.5) is 4.39 Å². The van der Waals surface area contributed by atoms with Crippen LogP contribution in [-0.2, 0) is 11.3 Å². The van der Waals surface area contributed by atoms with Gasteiger partial charge in [0.1, 0.15) is 11.4 Å². The van der Waals surface area contributed by atoms with Crippen molar-refractivity contribution >= 4 is 5.91 Å². The third kappa shape index (κ3) is 2.88. The van der Waals surface area contributed by atoms with E-state index in [1.165, 1.54) is 6.07 Å². The van der Waals surface area contributed by atoms with Gasteiger partial charge in [-0.2, -0.15) is 0 Å². The summed E-state index contributed by atoms with van der Waals surface area (Å²) in [6, 6.07) is 6.78. The molecule has 0 radical (unpaired) electrons. The maximum atomic E-state index is 13.3. The maximum Gasteiger partial charge on any atom is 0.240 e. The number of likely N-dealkylation sites (tertiary alicyclic amines) is 1. The molecule has 2 fully saturated rings. The molecule has 1 amide bonds. The minimum absolute atomic E-state index is 0.185. The van der Waals surface area contributed by atoms with E-state index in [1.54, 1.807) is 12.1 Å². The van der Waals surface area contributed by atoms with Crippen molar-refractivity contribution < 1.29 is 9.18 Å². The van der Waals surface area contributed by atoms with Gasteiger partial charge in [0, 0.05) is 32.7 Å². The van der Waals surface area contributed by atoms with Crippen LogP contribution in [0.1, 0.15) is 25.3 Å². The standard InChI is InChI=1S/C17H24FN3O/c1-2-21-11-8-19-16(22)17(21)6-9-20(10-7-17)13-14-4-3-5-15(18)12-14/h3-5,12H,2,6-11,13H2,1H3,(H,19,22). The van der Waals surface area contributed by atoms with Gasteiger partial charge in [0.05, 0.1) is 0 Å². The molecule has 2 aliphatic rings. The van der Waals surface area contributed by atoms with Crippen LogP contribution in [-0.4, -0.2) is 54.0 Å². The second kappa shape index (κ2) is 6.34. The third-order valence-electron chi connectivity index (χ3n) is 5.06. The Morgan fingerprint density at radius 2 is 2.05 bits per heavy atom. The number of likely N-dealkylation sites (N-methyl/N-ethyl adjacent to an activating group) is 1. The van der Waals surface area contributed by atoms with Gasteiger partial charge in [0.25, 0.3) is 0 Å². The molecule has 4 nitrogen and oxygen atoms in total. The molecule has 0 saturated carbocycles. The van der Waals surface area contributed by atoms with Crippen LogP contribution in [0.3, 0.4) is 0 Å². The van der Waals surface area contributed by atoms with Crippen molar-refractivity contribution in [2.24, 2.45) is 0 Å². The summed E-state index contributed by atoms with van der Waals surface area (Å²) in [5.74, 6) is 0.000742. The minimum atomic E-state index is -0.328. The fourth-order valence-corrected chi connectivity index (χ4v) is 3.81. The Bertz CT molecular complexity index is 540. The van der Waals surface area contributed by atoms with E-state index in [1.807, 2.05) is 6.07 Å². The van der Waals surface area contributed by atoms with Gasteiger partial charge in [0.2, 0.25) is 5.91 Å². The summed E-state index contributed by atoms with van der Waals surface area (Å²) >= 11 is 0. The molecule has 1 N–H and O–H groups in total. The van der Waals surface area contributed by atoms with Gasteiger partial charge in [-0.15, -0.1) is 0 Å². The first-order chi connectivity index (χ1) is 10.6. The molecule has 2 aliphatic heterocycles. The highest BCUT2D eigenvalue weighted by Gasteiger charge is 2.47. The van der Waals surface area contributed by atoms with E-state index in [0.717, 1.165) is 57.7 Å². The number of piperidine rings is 1. The molecule has 0 atom stereocenters. The summed E-state index contributed by atoms with van der Waals surface area (Å²) in [7, 11) is 0. The zero-order chi connectivity index (χ0) is 15.6. The summed E-state index contributed by atoms with van der Waals surface area (Å²) in [5.41, 5.74) is 0.669. The highest BCUT2D eigenvalue weighted by Crippen LogP contribution is 2.31. The number of hydrogen-bond acceptors (Lipinski definition) is 3. The number of nitrogens with zero attached hydrogens (tertiary/aromatic N) is 2. The van der Waals surface area contributed by atoms with E-state index in [-0.39, 0.29) is 17.3 Å². The van der Waals surface area contributed by atoms with E-state index in [2.05, 4.69) is 22.0 Å². The minimum Gasteiger partial charge on any atom is -0.353 e. The lowest BCUT2D eigenvalue weighted by Crippen LogP contribution is -2.67. The molecule has 1 aromatic rings. The molecule has 22 heavy (non-hydrogen) atoms. The third-order valence-corrected chi connectivity index (χ3v) is 5.06. The predicted molar refractivity (Wildman–Crippen MR) is 83.9 cm³/mol. The van der Waals surface area contributed by atoms with Gasteiger partial charge in [-0.05, 0) is 37.1 Å². The molecule has 0 unspecified atom stereocenters. The highest BCUT2D eigenvalue weighted by atomic mass is 19.1. The van der Waals surface area contributed by atoms with Crippen LogP contribution in [0.25, 0.3) is 0 Å². The Morgan fingerprint density at radius 1 is 1.27 bits per heavy atom. The maximum absolute atomic E-state index is 13.3. The molecule has 0 aliphatic carbocycles. The molecule has 2 heterocycles. The molecule has 5 heteroatoms. The SMILES string of the molecule is CCN1CCNC(=O)C12CCN(Cc1cccc(F)c1)CC2. The summed E-state index contributed by atoms with van der Waals surface area (Å²) in [4.78, 5) is 17.1. The van der Waals surface area contributed by atoms with Crippen molar-refractivity contribution in [1.82, 2.24) is 15.1 Å². The molecule has 3 rings (SSSR count). The van der Waals surface area contributed by atoms with Crippen molar-refractivity contribution in [3.8, 4) is 0 Å². The molecule has 0 bridgehead atoms. The van der Waals surface area contributed by atoms with Crippen LogP contribution in [0.5, 0.6) is 0 Å². The summed E-state index contributed by atoms with van der Waals surface area (Å²) < 4.78 is 13.3. The fraction of sp³-hybridized carbons (Fsp3) is 0.588. The van der Waals surface area contributed by atoms with Crippen LogP contribution < -0.4 is 5.32 Å². The molecular formula is C17H24FN3O. The van der Waals surface area contributed by atoms with Crippen molar-refractivity contribution in [3.63, 3.8) is 0 Å². The van der Waals surface area contributed by atoms with E-state index < -0.39 is 0 Å².